The van der Waals surface area contributed by atoms with Gasteiger partial charge in [0, 0.05) is 29.2 Å². The van der Waals surface area contributed by atoms with E-state index in [-0.39, 0.29) is 11.9 Å². The van der Waals surface area contributed by atoms with Crippen LogP contribution < -0.4 is 5.73 Å². The summed E-state index contributed by atoms with van der Waals surface area (Å²) in [5.41, 5.74) is 8.31. The lowest BCUT2D eigenvalue weighted by Gasteiger charge is -2.21. The first-order chi connectivity index (χ1) is 7.24. The Kier molecular flexibility index (Phi) is 1.83. The van der Waals surface area contributed by atoms with Crippen LogP contribution in [-0.2, 0) is 13.0 Å². The maximum absolute atomic E-state index is 13.0. The van der Waals surface area contributed by atoms with Crippen molar-refractivity contribution in [2.45, 2.75) is 25.4 Å². The average Bonchev–Trinajstić information content (AvgIpc) is 2.54. The number of hydrogen-bond donors (Lipinski definition) is 1. The molecule has 0 bridgehead atoms. The lowest BCUT2D eigenvalue weighted by atomic mass is 10.1. The number of nitrogens with two attached hydrogens (primary N) is 1. The summed E-state index contributed by atoms with van der Waals surface area (Å²) >= 11 is 0. The molecule has 2 heterocycles. The van der Waals surface area contributed by atoms with Crippen molar-refractivity contribution in [1.29, 1.82) is 0 Å². The van der Waals surface area contributed by atoms with Crippen LogP contribution in [0.4, 0.5) is 4.39 Å². The van der Waals surface area contributed by atoms with Crippen LogP contribution in [0.15, 0.2) is 24.3 Å². The SMILES string of the molecule is NC1CCc2cc3cc(F)ccc3n2C1. The molecule has 0 radical (unpaired) electrons. The number of aromatic nitrogens is 1. The first-order valence-corrected chi connectivity index (χ1v) is 5.27. The summed E-state index contributed by atoms with van der Waals surface area (Å²) in [5, 5.41) is 0.985. The van der Waals surface area contributed by atoms with E-state index in [9.17, 15) is 4.39 Å². The van der Waals surface area contributed by atoms with Crippen molar-refractivity contribution >= 4 is 10.9 Å². The van der Waals surface area contributed by atoms with Crippen LogP contribution in [-0.4, -0.2) is 10.6 Å². The quantitative estimate of drug-likeness (QED) is 0.699. The maximum Gasteiger partial charge on any atom is 0.123 e. The first kappa shape index (κ1) is 8.92. The summed E-state index contributed by atoms with van der Waals surface area (Å²) in [4.78, 5) is 0. The van der Waals surface area contributed by atoms with E-state index in [1.165, 1.54) is 11.8 Å². The number of hydrogen-bond acceptors (Lipinski definition) is 1. The molecule has 1 aromatic carbocycles. The number of nitrogens with zero attached hydrogens (tertiary/aromatic N) is 1. The Morgan fingerprint density at radius 2 is 2.20 bits per heavy atom. The normalized spacial score (nSPS) is 20.5. The second kappa shape index (κ2) is 3.07. The van der Waals surface area contributed by atoms with Crippen LogP contribution in [0.2, 0.25) is 0 Å². The minimum Gasteiger partial charge on any atom is -0.343 e. The molecule has 1 atom stereocenters. The molecule has 0 aliphatic carbocycles. The Hall–Kier alpha value is -1.35. The lowest BCUT2D eigenvalue weighted by Crippen LogP contribution is -2.31. The number of aryl methyl sites for hydroxylation is 1. The minimum atomic E-state index is -0.172. The molecule has 1 aromatic heterocycles. The van der Waals surface area contributed by atoms with Gasteiger partial charge in [0.25, 0.3) is 0 Å². The van der Waals surface area contributed by atoms with E-state index in [2.05, 4.69) is 10.6 Å². The van der Waals surface area contributed by atoms with Crippen molar-refractivity contribution in [1.82, 2.24) is 4.57 Å². The van der Waals surface area contributed by atoms with Crippen LogP contribution in [0.3, 0.4) is 0 Å². The predicted octanol–water partition coefficient (Wildman–Crippen LogP) is 2.05. The molecule has 1 unspecified atom stereocenters. The van der Waals surface area contributed by atoms with Crippen molar-refractivity contribution in [3.8, 4) is 0 Å². The van der Waals surface area contributed by atoms with Gasteiger partial charge in [0.05, 0.1) is 0 Å². The van der Waals surface area contributed by atoms with Crippen molar-refractivity contribution in [2.24, 2.45) is 5.73 Å². The third-order valence-electron chi connectivity index (χ3n) is 3.14. The van der Waals surface area contributed by atoms with E-state index in [1.54, 1.807) is 6.07 Å². The smallest absolute Gasteiger partial charge is 0.123 e. The molecular formula is C12H13FN2. The Bertz CT molecular complexity index is 516. The van der Waals surface area contributed by atoms with E-state index in [1.807, 2.05) is 6.07 Å². The molecule has 0 amide bonds. The second-order valence-corrected chi connectivity index (χ2v) is 4.25. The monoisotopic (exact) mass is 204 g/mol. The van der Waals surface area contributed by atoms with E-state index >= 15 is 0 Å². The molecule has 2 N–H and O–H groups in total. The largest absolute Gasteiger partial charge is 0.343 e. The molecule has 2 aromatic rings. The Balaban J connectivity index is 2.24. The van der Waals surface area contributed by atoms with Crippen LogP contribution in [0.25, 0.3) is 10.9 Å². The highest BCUT2D eigenvalue weighted by molar-refractivity contribution is 5.81. The maximum atomic E-state index is 13.0. The van der Waals surface area contributed by atoms with Gasteiger partial charge >= 0.3 is 0 Å². The third kappa shape index (κ3) is 1.35. The van der Waals surface area contributed by atoms with Gasteiger partial charge in [-0.05, 0) is 37.1 Å². The fourth-order valence-corrected chi connectivity index (χ4v) is 2.38. The summed E-state index contributed by atoms with van der Waals surface area (Å²) in [7, 11) is 0. The summed E-state index contributed by atoms with van der Waals surface area (Å²) in [6, 6.07) is 7.25. The number of rotatable bonds is 0. The van der Waals surface area contributed by atoms with Crippen molar-refractivity contribution in [2.75, 3.05) is 0 Å². The zero-order valence-corrected chi connectivity index (χ0v) is 8.41. The van der Waals surface area contributed by atoms with Gasteiger partial charge in [0.1, 0.15) is 5.82 Å². The Morgan fingerprint density at radius 1 is 1.33 bits per heavy atom. The molecule has 0 saturated carbocycles. The molecule has 3 rings (SSSR count). The zero-order chi connectivity index (χ0) is 10.4. The van der Waals surface area contributed by atoms with Gasteiger partial charge in [0.15, 0.2) is 0 Å². The van der Waals surface area contributed by atoms with Crippen molar-refractivity contribution in [3.05, 3.63) is 35.8 Å². The summed E-state index contributed by atoms with van der Waals surface area (Å²) < 4.78 is 15.3. The standard InChI is InChI=1S/C12H13FN2/c13-9-1-4-12-8(5-9)6-11-3-2-10(14)7-15(11)12/h1,4-6,10H,2-3,7,14H2. The molecule has 2 nitrogen and oxygen atoms in total. The highest BCUT2D eigenvalue weighted by Crippen LogP contribution is 2.25. The van der Waals surface area contributed by atoms with Crippen molar-refractivity contribution < 1.29 is 4.39 Å². The summed E-state index contributed by atoms with van der Waals surface area (Å²) in [6.07, 6.45) is 2.02. The molecular weight excluding hydrogens is 191 g/mol. The average molecular weight is 204 g/mol. The number of halogens is 1. The molecule has 78 valence electrons. The molecule has 0 fully saturated rings. The first-order valence-electron chi connectivity index (χ1n) is 5.27. The molecule has 1 aliphatic heterocycles. The van der Waals surface area contributed by atoms with E-state index in [0.717, 1.165) is 30.3 Å². The van der Waals surface area contributed by atoms with Crippen molar-refractivity contribution in [3.63, 3.8) is 0 Å². The summed E-state index contributed by atoms with van der Waals surface area (Å²) in [5.74, 6) is -0.172. The van der Waals surface area contributed by atoms with Crippen LogP contribution >= 0.6 is 0 Å². The molecule has 3 heteroatoms. The Morgan fingerprint density at radius 3 is 3.07 bits per heavy atom. The van der Waals surface area contributed by atoms with Gasteiger partial charge in [-0.15, -0.1) is 0 Å². The van der Waals surface area contributed by atoms with Crippen LogP contribution in [0.5, 0.6) is 0 Å². The molecule has 0 saturated heterocycles. The van der Waals surface area contributed by atoms with Gasteiger partial charge < -0.3 is 10.3 Å². The van der Waals surface area contributed by atoms with Gasteiger partial charge in [-0.2, -0.15) is 0 Å². The number of benzene rings is 1. The lowest BCUT2D eigenvalue weighted by molar-refractivity contribution is 0.470. The second-order valence-electron chi connectivity index (χ2n) is 4.25. The third-order valence-corrected chi connectivity index (χ3v) is 3.14. The molecule has 0 spiro atoms. The zero-order valence-electron chi connectivity index (χ0n) is 8.41. The van der Waals surface area contributed by atoms with Gasteiger partial charge in [-0.25, -0.2) is 4.39 Å². The van der Waals surface area contributed by atoms with E-state index in [0.29, 0.717) is 0 Å². The van der Waals surface area contributed by atoms with Crippen LogP contribution in [0, 0.1) is 5.82 Å². The predicted molar refractivity (Wildman–Crippen MR) is 58.2 cm³/mol. The molecule has 15 heavy (non-hydrogen) atoms. The fourth-order valence-electron chi connectivity index (χ4n) is 2.38. The topological polar surface area (TPSA) is 30.9 Å². The molecule has 1 aliphatic rings. The fraction of sp³-hybridized carbons (Fsp3) is 0.333. The highest BCUT2D eigenvalue weighted by atomic mass is 19.1. The highest BCUT2D eigenvalue weighted by Gasteiger charge is 2.17. The van der Waals surface area contributed by atoms with Gasteiger partial charge in [-0.1, -0.05) is 0 Å². The van der Waals surface area contributed by atoms with Gasteiger partial charge in [-0.3, -0.25) is 0 Å². The summed E-state index contributed by atoms with van der Waals surface area (Å²) in [6.45, 7) is 0.852. The Labute approximate surface area is 87.5 Å². The minimum absolute atomic E-state index is 0.172. The number of fused-ring (bicyclic) bond motifs is 3. The van der Waals surface area contributed by atoms with E-state index in [4.69, 9.17) is 5.73 Å². The van der Waals surface area contributed by atoms with Crippen LogP contribution in [0.1, 0.15) is 12.1 Å². The van der Waals surface area contributed by atoms with E-state index < -0.39 is 0 Å². The van der Waals surface area contributed by atoms with Gasteiger partial charge in [0.2, 0.25) is 0 Å².